The lowest BCUT2D eigenvalue weighted by Crippen LogP contribution is -2.32. The summed E-state index contributed by atoms with van der Waals surface area (Å²) >= 11 is 0. The summed E-state index contributed by atoms with van der Waals surface area (Å²) in [5.74, 6) is 0. The van der Waals surface area contributed by atoms with Gasteiger partial charge in [0.25, 0.3) is 0 Å². The molecule has 0 radical (unpaired) electrons. The van der Waals surface area contributed by atoms with Gasteiger partial charge in [0.2, 0.25) is 0 Å². The number of nitrogens with one attached hydrogen (secondary N) is 1. The lowest BCUT2D eigenvalue weighted by atomic mass is 10.1. The molecule has 4 nitrogen and oxygen atoms in total. The van der Waals surface area contributed by atoms with Crippen LogP contribution in [-0.4, -0.2) is 56.8 Å². The van der Waals surface area contributed by atoms with E-state index in [0.717, 1.165) is 50.4 Å². The molecule has 0 amide bonds. The van der Waals surface area contributed by atoms with Crippen molar-refractivity contribution in [1.29, 1.82) is 0 Å². The van der Waals surface area contributed by atoms with Crippen molar-refractivity contribution in [2.45, 2.75) is 12.5 Å². The molecular weight excluding hydrogens is 238 g/mol. The number of benzene rings is 1. The van der Waals surface area contributed by atoms with Crippen LogP contribution < -0.4 is 10.2 Å². The van der Waals surface area contributed by atoms with Crippen LogP contribution in [0.1, 0.15) is 18.1 Å². The van der Waals surface area contributed by atoms with Crippen LogP contribution in [0, 0.1) is 0 Å². The van der Waals surface area contributed by atoms with E-state index in [1.165, 1.54) is 0 Å². The molecule has 0 aliphatic carbocycles. The van der Waals surface area contributed by atoms with Crippen LogP contribution in [0.25, 0.3) is 0 Å². The molecule has 1 heterocycles. The quantitative estimate of drug-likeness (QED) is 0.853. The van der Waals surface area contributed by atoms with E-state index in [9.17, 15) is 5.11 Å². The number of anilines is 1. The Morgan fingerprint density at radius 1 is 1.21 bits per heavy atom. The standard InChI is InChI=1S/C15H25N3O/c1-17(2)14-6-4-13(5-7-14)15(19)12-18-10-3-8-16-9-11-18/h4-7,15-16,19H,3,8-12H2,1-2H3. The van der Waals surface area contributed by atoms with Crippen LogP contribution in [0.4, 0.5) is 5.69 Å². The van der Waals surface area contributed by atoms with E-state index < -0.39 is 6.10 Å². The van der Waals surface area contributed by atoms with E-state index in [-0.39, 0.29) is 0 Å². The Bertz CT molecular complexity index is 369. The van der Waals surface area contributed by atoms with Crippen LogP contribution >= 0.6 is 0 Å². The van der Waals surface area contributed by atoms with E-state index in [4.69, 9.17) is 0 Å². The zero-order valence-corrected chi connectivity index (χ0v) is 12.0. The number of β-amino-alcohol motifs (C(OH)–C–C–N with tert-alkyl or cyclic N) is 1. The highest BCUT2D eigenvalue weighted by molar-refractivity contribution is 5.46. The van der Waals surface area contributed by atoms with Gasteiger partial charge in [0.1, 0.15) is 0 Å². The third-order valence-electron chi connectivity index (χ3n) is 3.66. The first-order valence-electron chi connectivity index (χ1n) is 7.05. The topological polar surface area (TPSA) is 38.7 Å². The van der Waals surface area contributed by atoms with E-state index in [0.29, 0.717) is 0 Å². The molecule has 106 valence electrons. The summed E-state index contributed by atoms with van der Waals surface area (Å²) in [6.07, 6.45) is 0.765. The second-order valence-electron chi connectivity index (χ2n) is 5.41. The van der Waals surface area contributed by atoms with E-state index in [2.05, 4.69) is 27.2 Å². The molecule has 1 saturated heterocycles. The fourth-order valence-electron chi connectivity index (χ4n) is 2.43. The van der Waals surface area contributed by atoms with Crippen molar-refractivity contribution in [2.75, 3.05) is 51.7 Å². The van der Waals surface area contributed by atoms with Crippen molar-refractivity contribution < 1.29 is 5.11 Å². The van der Waals surface area contributed by atoms with Gasteiger partial charge in [-0.1, -0.05) is 12.1 Å². The first kappa shape index (κ1) is 14.3. The van der Waals surface area contributed by atoms with Crippen molar-refractivity contribution in [3.63, 3.8) is 0 Å². The summed E-state index contributed by atoms with van der Waals surface area (Å²) in [7, 11) is 4.05. The fourth-order valence-corrected chi connectivity index (χ4v) is 2.43. The highest BCUT2D eigenvalue weighted by Gasteiger charge is 2.14. The molecular formula is C15H25N3O. The van der Waals surface area contributed by atoms with E-state index in [1.807, 2.05) is 26.2 Å². The van der Waals surface area contributed by atoms with Gasteiger partial charge in [0.05, 0.1) is 6.10 Å². The molecule has 1 aromatic rings. The van der Waals surface area contributed by atoms with Gasteiger partial charge in [-0.25, -0.2) is 0 Å². The molecule has 0 aromatic heterocycles. The first-order chi connectivity index (χ1) is 9.16. The summed E-state index contributed by atoms with van der Waals surface area (Å²) in [5, 5.41) is 13.7. The van der Waals surface area contributed by atoms with Gasteiger partial charge in [0, 0.05) is 39.4 Å². The second-order valence-corrected chi connectivity index (χ2v) is 5.41. The fraction of sp³-hybridized carbons (Fsp3) is 0.600. The molecule has 2 rings (SSSR count). The second kappa shape index (κ2) is 6.89. The van der Waals surface area contributed by atoms with E-state index in [1.54, 1.807) is 0 Å². The van der Waals surface area contributed by atoms with Crippen molar-refractivity contribution in [2.24, 2.45) is 0 Å². The average Bonchev–Trinajstić information content (AvgIpc) is 2.67. The molecule has 1 fully saturated rings. The lowest BCUT2D eigenvalue weighted by Gasteiger charge is -2.23. The Hall–Kier alpha value is -1.10. The summed E-state index contributed by atoms with van der Waals surface area (Å²) < 4.78 is 0. The number of hydrogen-bond acceptors (Lipinski definition) is 4. The Morgan fingerprint density at radius 2 is 1.95 bits per heavy atom. The third kappa shape index (κ3) is 4.20. The summed E-state index contributed by atoms with van der Waals surface area (Å²) in [4.78, 5) is 4.40. The highest BCUT2D eigenvalue weighted by atomic mass is 16.3. The molecule has 2 N–H and O–H groups in total. The van der Waals surface area contributed by atoms with Crippen LogP contribution in [0.15, 0.2) is 24.3 Å². The Kier molecular flexibility index (Phi) is 5.19. The minimum absolute atomic E-state index is 0.394. The highest BCUT2D eigenvalue weighted by Crippen LogP contribution is 2.19. The Labute approximate surface area is 116 Å². The smallest absolute Gasteiger partial charge is 0.0916 e. The normalized spacial score (nSPS) is 18.9. The molecule has 0 saturated carbocycles. The largest absolute Gasteiger partial charge is 0.387 e. The first-order valence-corrected chi connectivity index (χ1v) is 7.05. The molecule has 1 unspecified atom stereocenters. The van der Waals surface area contributed by atoms with Crippen LogP contribution in [0.3, 0.4) is 0 Å². The maximum Gasteiger partial charge on any atom is 0.0916 e. The van der Waals surface area contributed by atoms with Gasteiger partial charge in [-0.05, 0) is 37.2 Å². The number of aliphatic hydroxyl groups excluding tert-OH is 1. The molecule has 1 aromatic carbocycles. The van der Waals surface area contributed by atoms with Gasteiger partial charge in [-0.15, -0.1) is 0 Å². The van der Waals surface area contributed by atoms with Gasteiger partial charge >= 0.3 is 0 Å². The Morgan fingerprint density at radius 3 is 2.63 bits per heavy atom. The summed E-state index contributed by atoms with van der Waals surface area (Å²) in [6.45, 7) is 4.92. The van der Waals surface area contributed by atoms with Gasteiger partial charge in [-0.3, -0.25) is 4.90 Å². The zero-order valence-electron chi connectivity index (χ0n) is 12.0. The molecule has 1 atom stereocenters. The molecule has 0 spiro atoms. The zero-order chi connectivity index (χ0) is 13.7. The molecule has 0 bridgehead atoms. The number of rotatable bonds is 4. The minimum Gasteiger partial charge on any atom is -0.387 e. The number of nitrogens with zero attached hydrogens (tertiary/aromatic N) is 2. The predicted octanol–water partition coefficient (Wildman–Crippen LogP) is 1.08. The minimum atomic E-state index is -0.394. The van der Waals surface area contributed by atoms with Crippen LogP contribution in [0.2, 0.25) is 0 Å². The van der Waals surface area contributed by atoms with Crippen LogP contribution in [0.5, 0.6) is 0 Å². The third-order valence-corrected chi connectivity index (χ3v) is 3.66. The van der Waals surface area contributed by atoms with Gasteiger partial charge in [0.15, 0.2) is 0 Å². The average molecular weight is 263 g/mol. The molecule has 1 aliphatic heterocycles. The molecule has 1 aliphatic rings. The van der Waals surface area contributed by atoms with Gasteiger partial charge in [-0.2, -0.15) is 0 Å². The summed E-state index contributed by atoms with van der Waals surface area (Å²) in [6, 6.07) is 8.16. The van der Waals surface area contributed by atoms with Crippen molar-refractivity contribution in [1.82, 2.24) is 10.2 Å². The van der Waals surface area contributed by atoms with Crippen molar-refractivity contribution >= 4 is 5.69 Å². The lowest BCUT2D eigenvalue weighted by molar-refractivity contribution is 0.117. The molecule has 19 heavy (non-hydrogen) atoms. The molecule has 4 heteroatoms. The van der Waals surface area contributed by atoms with Crippen LogP contribution in [-0.2, 0) is 0 Å². The maximum atomic E-state index is 10.3. The SMILES string of the molecule is CN(C)c1ccc(C(O)CN2CCCNCC2)cc1. The van der Waals surface area contributed by atoms with Crippen molar-refractivity contribution in [3.05, 3.63) is 29.8 Å². The number of hydrogen-bond donors (Lipinski definition) is 2. The monoisotopic (exact) mass is 263 g/mol. The predicted molar refractivity (Wildman–Crippen MR) is 79.7 cm³/mol. The van der Waals surface area contributed by atoms with Crippen molar-refractivity contribution in [3.8, 4) is 0 Å². The number of aliphatic hydroxyl groups is 1. The van der Waals surface area contributed by atoms with Gasteiger partial charge < -0.3 is 15.3 Å². The van der Waals surface area contributed by atoms with E-state index >= 15 is 0 Å². The Balaban J connectivity index is 1.92. The maximum absolute atomic E-state index is 10.3. The summed E-state index contributed by atoms with van der Waals surface area (Å²) in [5.41, 5.74) is 2.16.